The molecule has 0 spiro atoms. The number of aliphatic carboxylic acids is 1. The van der Waals surface area contributed by atoms with Crippen LogP contribution < -0.4 is 0 Å². The van der Waals surface area contributed by atoms with Gasteiger partial charge in [0.05, 0.1) is 18.9 Å². The monoisotopic (exact) mass is 214 g/mol. The lowest BCUT2D eigenvalue weighted by Gasteiger charge is -2.11. The molecule has 4 heteroatoms. The van der Waals surface area contributed by atoms with Crippen molar-refractivity contribution in [3.05, 3.63) is 12.7 Å². The number of ether oxygens (including phenoxy) is 1. The van der Waals surface area contributed by atoms with Crippen molar-refractivity contribution in [2.24, 2.45) is 5.92 Å². The van der Waals surface area contributed by atoms with Gasteiger partial charge >= 0.3 is 11.9 Å². The largest absolute Gasteiger partial charge is 0.481 e. The third-order valence-corrected chi connectivity index (χ3v) is 1.95. The maximum absolute atomic E-state index is 11.4. The summed E-state index contributed by atoms with van der Waals surface area (Å²) in [4.78, 5) is 21.9. The van der Waals surface area contributed by atoms with Gasteiger partial charge in [-0.3, -0.25) is 9.59 Å². The third kappa shape index (κ3) is 6.71. The van der Waals surface area contributed by atoms with E-state index in [4.69, 9.17) is 9.84 Å². The molecule has 0 aliphatic carbocycles. The first-order valence-corrected chi connectivity index (χ1v) is 5.11. The van der Waals surface area contributed by atoms with E-state index in [2.05, 4.69) is 6.58 Å². The van der Waals surface area contributed by atoms with Crippen LogP contribution in [0.2, 0.25) is 0 Å². The van der Waals surface area contributed by atoms with Crippen LogP contribution in [0, 0.1) is 5.92 Å². The van der Waals surface area contributed by atoms with Crippen LogP contribution in [0.15, 0.2) is 12.7 Å². The normalized spacial score (nSPS) is 11.8. The first-order valence-electron chi connectivity index (χ1n) is 5.11. The fourth-order valence-corrected chi connectivity index (χ4v) is 1.11. The molecule has 0 fully saturated rings. The Labute approximate surface area is 89.9 Å². The number of allylic oxidation sites excluding steroid dienone is 1. The average Bonchev–Trinajstić information content (AvgIpc) is 2.17. The maximum atomic E-state index is 11.4. The molecule has 0 aliphatic rings. The lowest BCUT2D eigenvalue weighted by Crippen LogP contribution is -2.20. The smallest absolute Gasteiger partial charge is 0.309 e. The average molecular weight is 214 g/mol. The van der Waals surface area contributed by atoms with E-state index < -0.39 is 17.9 Å². The molecular formula is C11H18O4. The molecule has 0 saturated heterocycles. The van der Waals surface area contributed by atoms with E-state index in [1.165, 1.54) is 6.08 Å². The van der Waals surface area contributed by atoms with Crippen LogP contribution in [-0.4, -0.2) is 23.7 Å². The van der Waals surface area contributed by atoms with E-state index in [0.717, 1.165) is 12.8 Å². The Morgan fingerprint density at radius 1 is 1.53 bits per heavy atom. The molecule has 1 unspecified atom stereocenters. The molecular weight excluding hydrogens is 196 g/mol. The molecule has 4 nitrogen and oxygen atoms in total. The highest BCUT2D eigenvalue weighted by Gasteiger charge is 2.21. The summed E-state index contributed by atoms with van der Waals surface area (Å²) in [6, 6.07) is 0. The summed E-state index contributed by atoms with van der Waals surface area (Å²) in [5.74, 6) is -2.03. The molecule has 1 N–H and O–H groups in total. The standard InChI is InChI=1S/C11H18O4/c1-3-5-7-15-11(14)9(6-4-2)8-10(12)13/h4,9H,2-3,5-8H2,1H3,(H,12,13). The molecule has 0 aliphatic heterocycles. The molecule has 0 rings (SSSR count). The molecule has 1 atom stereocenters. The van der Waals surface area contributed by atoms with Crippen LogP contribution in [0.4, 0.5) is 0 Å². The quantitative estimate of drug-likeness (QED) is 0.381. The second-order valence-corrected chi connectivity index (χ2v) is 3.34. The number of unbranched alkanes of at least 4 members (excludes halogenated alkanes) is 1. The van der Waals surface area contributed by atoms with Gasteiger partial charge in [-0.15, -0.1) is 6.58 Å². The van der Waals surface area contributed by atoms with Gasteiger partial charge in [0.25, 0.3) is 0 Å². The molecule has 0 amide bonds. The number of rotatable bonds is 8. The first-order chi connectivity index (χ1) is 7.11. The molecule has 86 valence electrons. The number of carboxylic acids is 1. The molecule has 0 radical (unpaired) electrons. The van der Waals surface area contributed by atoms with Crippen molar-refractivity contribution in [2.45, 2.75) is 32.6 Å². The molecule has 0 aromatic rings. The topological polar surface area (TPSA) is 63.6 Å². The predicted molar refractivity (Wildman–Crippen MR) is 56.4 cm³/mol. The minimum atomic E-state index is -0.991. The number of carbonyl (C=O) groups is 2. The highest BCUT2D eigenvalue weighted by atomic mass is 16.5. The second kappa shape index (κ2) is 8.03. The summed E-state index contributed by atoms with van der Waals surface area (Å²) in [5, 5.41) is 8.59. The number of carbonyl (C=O) groups excluding carboxylic acids is 1. The molecule has 0 aromatic carbocycles. The number of esters is 1. The van der Waals surface area contributed by atoms with E-state index in [9.17, 15) is 9.59 Å². The SMILES string of the molecule is C=CCC(CC(=O)O)C(=O)OCCCC. The molecule has 0 aromatic heterocycles. The highest BCUT2D eigenvalue weighted by molar-refractivity contribution is 5.79. The van der Waals surface area contributed by atoms with Crippen LogP contribution >= 0.6 is 0 Å². The lowest BCUT2D eigenvalue weighted by molar-refractivity contribution is -0.153. The predicted octanol–water partition coefficient (Wildman–Crippen LogP) is 2.00. The van der Waals surface area contributed by atoms with E-state index in [0.29, 0.717) is 13.0 Å². The summed E-state index contributed by atoms with van der Waals surface area (Å²) >= 11 is 0. The van der Waals surface area contributed by atoms with Crippen molar-refractivity contribution in [1.82, 2.24) is 0 Å². The fraction of sp³-hybridized carbons (Fsp3) is 0.636. The molecule has 0 saturated carbocycles. The van der Waals surface area contributed by atoms with Crippen molar-refractivity contribution in [1.29, 1.82) is 0 Å². The Morgan fingerprint density at radius 3 is 2.67 bits per heavy atom. The first kappa shape index (κ1) is 13.7. The summed E-state index contributed by atoms with van der Waals surface area (Å²) in [6.45, 7) is 5.84. The van der Waals surface area contributed by atoms with Crippen LogP contribution in [0.25, 0.3) is 0 Å². The zero-order chi connectivity index (χ0) is 11.7. The van der Waals surface area contributed by atoms with Gasteiger partial charge in [0.2, 0.25) is 0 Å². The van der Waals surface area contributed by atoms with E-state index in [1.54, 1.807) is 0 Å². The van der Waals surface area contributed by atoms with E-state index in [1.807, 2.05) is 6.92 Å². The molecule has 0 bridgehead atoms. The van der Waals surface area contributed by atoms with Crippen LogP contribution in [0.5, 0.6) is 0 Å². The van der Waals surface area contributed by atoms with Gasteiger partial charge in [-0.25, -0.2) is 0 Å². The zero-order valence-corrected chi connectivity index (χ0v) is 9.07. The summed E-state index contributed by atoms with van der Waals surface area (Å²) in [6.07, 6.45) is 3.43. The third-order valence-electron chi connectivity index (χ3n) is 1.95. The van der Waals surface area contributed by atoms with Crippen molar-refractivity contribution >= 4 is 11.9 Å². The lowest BCUT2D eigenvalue weighted by atomic mass is 10.0. The van der Waals surface area contributed by atoms with E-state index in [-0.39, 0.29) is 6.42 Å². The summed E-state index contributed by atoms with van der Waals surface area (Å²) in [7, 11) is 0. The van der Waals surface area contributed by atoms with Crippen molar-refractivity contribution in [3.8, 4) is 0 Å². The highest BCUT2D eigenvalue weighted by Crippen LogP contribution is 2.12. The minimum absolute atomic E-state index is 0.197. The minimum Gasteiger partial charge on any atom is -0.481 e. The van der Waals surface area contributed by atoms with Gasteiger partial charge < -0.3 is 9.84 Å². The van der Waals surface area contributed by atoms with Crippen LogP contribution in [0.1, 0.15) is 32.6 Å². The Kier molecular flexibility index (Phi) is 7.32. The van der Waals surface area contributed by atoms with E-state index >= 15 is 0 Å². The van der Waals surface area contributed by atoms with Crippen LogP contribution in [0.3, 0.4) is 0 Å². The van der Waals surface area contributed by atoms with Gasteiger partial charge in [0.15, 0.2) is 0 Å². The Hall–Kier alpha value is -1.32. The molecule has 0 heterocycles. The molecule has 15 heavy (non-hydrogen) atoms. The second-order valence-electron chi connectivity index (χ2n) is 3.34. The summed E-state index contributed by atoms with van der Waals surface area (Å²) in [5.41, 5.74) is 0. The Bertz CT molecular complexity index is 223. The Morgan fingerprint density at radius 2 is 2.20 bits per heavy atom. The van der Waals surface area contributed by atoms with Gasteiger partial charge in [-0.2, -0.15) is 0 Å². The van der Waals surface area contributed by atoms with Gasteiger partial charge in [0, 0.05) is 0 Å². The number of carboxylic acid groups (broad SMARTS) is 1. The van der Waals surface area contributed by atoms with Crippen molar-refractivity contribution in [3.63, 3.8) is 0 Å². The van der Waals surface area contributed by atoms with Crippen molar-refractivity contribution < 1.29 is 19.4 Å². The number of hydrogen-bond donors (Lipinski definition) is 1. The number of hydrogen-bond acceptors (Lipinski definition) is 3. The Balaban J connectivity index is 4.03. The van der Waals surface area contributed by atoms with Gasteiger partial charge in [-0.05, 0) is 12.8 Å². The zero-order valence-electron chi connectivity index (χ0n) is 9.07. The van der Waals surface area contributed by atoms with Crippen LogP contribution in [-0.2, 0) is 14.3 Å². The maximum Gasteiger partial charge on any atom is 0.309 e. The van der Waals surface area contributed by atoms with Gasteiger partial charge in [0.1, 0.15) is 0 Å². The fourth-order valence-electron chi connectivity index (χ4n) is 1.11. The van der Waals surface area contributed by atoms with Gasteiger partial charge in [-0.1, -0.05) is 19.4 Å². The summed E-state index contributed by atoms with van der Waals surface area (Å²) < 4.78 is 4.95. The van der Waals surface area contributed by atoms with Crippen molar-refractivity contribution in [2.75, 3.05) is 6.61 Å².